The number of aromatic nitrogens is 3. The molecule has 0 aliphatic carbocycles. The summed E-state index contributed by atoms with van der Waals surface area (Å²) in [5, 5.41) is 18.3. The molecule has 10 heteroatoms. The molecule has 2 N–H and O–H groups in total. The fourth-order valence-corrected chi connectivity index (χ4v) is 3.63. The molecule has 10 nitrogen and oxygen atoms in total. The number of nitro benzene ring substituents is 1. The highest BCUT2D eigenvalue weighted by Gasteiger charge is 2.16. The van der Waals surface area contributed by atoms with E-state index in [1.165, 1.54) is 24.1 Å². The second-order valence-corrected chi connectivity index (χ2v) is 8.45. The van der Waals surface area contributed by atoms with E-state index in [9.17, 15) is 10.1 Å². The number of anilines is 4. The summed E-state index contributed by atoms with van der Waals surface area (Å²) in [6.07, 6.45) is 5.09. The standard InChI is InChI=1S/C24H28N8O2/c1-17(2)19-8-6-18(7-9-19)16-25-30-23-27-22(26-20-10-12-21(13-11-20)32(33)34)28-24(29-23)31-14-4-3-5-15-31/h6-13,16-17H,3-5,14-15H2,1-2H3,(H2,26,27,28,29,30)/b25-16+. The maximum atomic E-state index is 10.9. The minimum absolute atomic E-state index is 0.0216. The highest BCUT2D eigenvalue weighted by Crippen LogP contribution is 2.22. The van der Waals surface area contributed by atoms with Gasteiger partial charge in [0, 0.05) is 30.9 Å². The van der Waals surface area contributed by atoms with Crippen molar-refractivity contribution in [1.29, 1.82) is 0 Å². The molecule has 0 amide bonds. The van der Waals surface area contributed by atoms with E-state index in [1.807, 2.05) is 12.1 Å². The highest BCUT2D eigenvalue weighted by atomic mass is 16.6. The number of rotatable bonds is 8. The monoisotopic (exact) mass is 460 g/mol. The molecule has 2 aromatic carbocycles. The van der Waals surface area contributed by atoms with Crippen LogP contribution in [0.4, 0.5) is 29.2 Å². The molecule has 2 heterocycles. The van der Waals surface area contributed by atoms with Crippen molar-refractivity contribution in [1.82, 2.24) is 15.0 Å². The van der Waals surface area contributed by atoms with Crippen molar-refractivity contribution in [2.24, 2.45) is 5.10 Å². The van der Waals surface area contributed by atoms with Gasteiger partial charge in [0.1, 0.15) is 0 Å². The van der Waals surface area contributed by atoms with Crippen molar-refractivity contribution >= 4 is 35.4 Å². The fraction of sp³-hybridized carbons (Fsp3) is 0.333. The molecule has 3 aromatic rings. The first-order valence-corrected chi connectivity index (χ1v) is 11.4. The fourth-order valence-electron chi connectivity index (χ4n) is 3.63. The van der Waals surface area contributed by atoms with Crippen LogP contribution in [0.1, 0.15) is 50.2 Å². The Bertz CT molecular complexity index is 1140. The third kappa shape index (κ3) is 6.03. The summed E-state index contributed by atoms with van der Waals surface area (Å²) in [5.41, 5.74) is 5.81. The van der Waals surface area contributed by atoms with Gasteiger partial charge in [-0.1, -0.05) is 38.1 Å². The molecular weight excluding hydrogens is 432 g/mol. The van der Waals surface area contributed by atoms with E-state index in [1.54, 1.807) is 18.3 Å². The average Bonchev–Trinajstić information content (AvgIpc) is 2.85. The number of hydrogen-bond acceptors (Lipinski definition) is 9. The van der Waals surface area contributed by atoms with Crippen molar-refractivity contribution in [3.63, 3.8) is 0 Å². The normalized spacial score (nSPS) is 13.9. The molecule has 176 valence electrons. The maximum Gasteiger partial charge on any atom is 0.269 e. The third-order valence-electron chi connectivity index (χ3n) is 5.58. The number of hydrazone groups is 1. The number of non-ortho nitro benzene ring substituents is 1. The number of piperidine rings is 1. The van der Waals surface area contributed by atoms with Gasteiger partial charge in [0.05, 0.1) is 11.1 Å². The minimum Gasteiger partial charge on any atom is -0.341 e. The van der Waals surface area contributed by atoms with Gasteiger partial charge in [-0.2, -0.15) is 20.1 Å². The average molecular weight is 461 g/mol. The van der Waals surface area contributed by atoms with Gasteiger partial charge in [0.2, 0.25) is 17.8 Å². The van der Waals surface area contributed by atoms with E-state index in [2.05, 4.69) is 61.7 Å². The van der Waals surface area contributed by atoms with E-state index in [0.29, 0.717) is 29.5 Å². The van der Waals surface area contributed by atoms with Gasteiger partial charge in [-0.15, -0.1) is 0 Å². The molecule has 0 bridgehead atoms. The Hall–Kier alpha value is -4.08. The molecule has 0 saturated carbocycles. The van der Waals surface area contributed by atoms with Crippen molar-refractivity contribution in [3.8, 4) is 0 Å². The Morgan fingerprint density at radius 1 is 0.971 bits per heavy atom. The van der Waals surface area contributed by atoms with Crippen molar-refractivity contribution in [3.05, 3.63) is 69.8 Å². The number of benzene rings is 2. The molecule has 34 heavy (non-hydrogen) atoms. The molecule has 0 radical (unpaired) electrons. The Balaban J connectivity index is 1.53. The first-order chi connectivity index (χ1) is 16.5. The first-order valence-electron chi connectivity index (χ1n) is 11.4. The summed E-state index contributed by atoms with van der Waals surface area (Å²) >= 11 is 0. The van der Waals surface area contributed by atoms with Crippen molar-refractivity contribution < 1.29 is 4.92 Å². The molecule has 1 fully saturated rings. The largest absolute Gasteiger partial charge is 0.341 e. The predicted octanol–water partition coefficient (Wildman–Crippen LogP) is 5.08. The van der Waals surface area contributed by atoms with Crippen LogP contribution in [0, 0.1) is 10.1 Å². The van der Waals surface area contributed by atoms with Gasteiger partial charge in [-0.3, -0.25) is 10.1 Å². The molecule has 1 aromatic heterocycles. The zero-order valence-corrected chi connectivity index (χ0v) is 19.3. The van der Waals surface area contributed by atoms with Gasteiger partial charge >= 0.3 is 0 Å². The van der Waals surface area contributed by atoms with Gasteiger partial charge < -0.3 is 10.2 Å². The van der Waals surface area contributed by atoms with Crippen LogP contribution in [0.2, 0.25) is 0 Å². The summed E-state index contributed by atoms with van der Waals surface area (Å²) in [6.45, 7) is 6.08. The highest BCUT2D eigenvalue weighted by molar-refractivity contribution is 5.80. The number of nitrogens with zero attached hydrogens (tertiary/aromatic N) is 6. The minimum atomic E-state index is -0.433. The number of nitro groups is 1. The van der Waals surface area contributed by atoms with Crippen LogP contribution in [0.5, 0.6) is 0 Å². The lowest BCUT2D eigenvalue weighted by Crippen LogP contribution is -2.31. The molecule has 1 saturated heterocycles. The molecule has 0 unspecified atom stereocenters. The molecular formula is C24H28N8O2. The number of hydrogen-bond donors (Lipinski definition) is 2. The molecule has 0 spiro atoms. The Kier molecular flexibility index (Phi) is 7.26. The van der Waals surface area contributed by atoms with Crippen LogP contribution in [0.25, 0.3) is 0 Å². The molecule has 1 aliphatic heterocycles. The summed E-state index contributed by atoms with van der Waals surface area (Å²) in [5.74, 6) is 1.70. The SMILES string of the molecule is CC(C)c1ccc(/C=N/Nc2nc(Nc3ccc([N+](=O)[O-])cc3)nc(N3CCCCC3)n2)cc1. The van der Waals surface area contributed by atoms with Gasteiger partial charge in [-0.05, 0) is 48.4 Å². The second kappa shape index (κ2) is 10.7. The summed E-state index contributed by atoms with van der Waals surface area (Å²) in [4.78, 5) is 26.2. The first kappa shape index (κ1) is 23.1. The van der Waals surface area contributed by atoms with E-state index in [0.717, 1.165) is 31.5 Å². The third-order valence-corrected chi connectivity index (χ3v) is 5.58. The summed E-state index contributed by atoms with van der Waals surface area (Å²) < 4.78 is 0. The molecule has 1 aliphatic rings. The van der Waals surface area contributed by atoms with E-state index in [-0.39, 0.29) is 5.69 Å². The van der Waals surface area contributed by atoms with Gasteiger partial charge in [-0.25, -0.2) is 5.43 Å². The van der Waals surface area contributed by atoms with Gasteiger partial charge in [0.15, 0.2) is 0 Å². The quantitative estimate of drug-likeness (QED) is 0.271. The van der Waals surface area contributed by atoms with Crippen LogP contribution in [0.3, 0.4) is 0 Å². The van der Waals surface area contributed by atoms with E-state index in [4.69, 9.17) is 0 Å². The molecule has 0 atom stereocenters. The summed E-state index contributed by atoms with van der Waals surface area (Å²) in [7, 11) is 0. The zero-order valence-electron chi connectivity index (χ0n) is 19.3. The van der Waals surface area contributed by atoms with Crippen LogP contribution < -0.4 is 15.6 Å². The zero-order chi connectivity index (χ0) is 23.9. The van der Waals surface area contributed by atoms with Crippen LogP contribution in [0.15, 0.2) is 53.6 Å². The van der Waals surface area contributed by atoms with Crippen LogP contribution >= 0.6 is 0 Å². The summed E-state index contributed by atoms with van der Waals surface area (Å²) in [6, 6.07) is 14.3. The van der Waals surface area contributed by atoms with Crippen LogP contribution in [-0.2, 0) is 0 Å². The van der Waals surface area contributed by atoms with Gasteiger partial charge in [0.25, 0.3) is 5.69 Å². The Morgan fingerprint density at radius 2 is 1.65 bits per heavy atom. The Labute approximate surface area is 198 Å². The lowest BCUT2D eigenvalue weighted by molar-refractivity contribution is -0.384. The maximum absolute atomic E-state index is 10.9. The lowest BCUT2D eigenvalue weighted by atomic mass is 10.0. The topological polar surface area (TPSA) is 121 Å². The number of nitrogens with one attached hydrogen (secondary N) is 2. The Morgan fingerprint density at radius 3 is 2.29 bits per heavy atom. The molecule has 4 rings (SSSR count). The van der Waals surface area contributed by atoms with Crippen LogP contribution in [-0.4, -0.2) is 39.2 Å². The lowest BCUT2D eigenvalue weighted by Gasteiger charge is -2.26. The van der Waals surface area contributed by atoms with E-state index < -0.39 is 4.92 Å². The van der Waals surface area contributed by atoms with Crippen molar-refractivity contribution in [2.75, 3.05) is 28.7 Å². The second-order valence-electron chi connectivity index (χ2n) is 8.45. The predicted molar refractivity (Wildman–Crippen MR) is 134 cm³/mol. The smallest absolute Gasteiger partial charge is 0.269 e. The van der Waals surface area contributed by atoms with E-state index >= 15 is 0 Å². The van der Waals surface area contributed by atoms with Crippen molar-refractivity contribution in [2.45, 2.75) is 39.0 Å².